The Morgan fingerprint density at radius 2 is 1.90 bits per heavy atom. The Kier molecular flexibility index (Phi) is 4.93. The first-order valence-electron chi connectivity index (χ1n) is 6.77. The molecule has 1 amide bonds. The number of carbonyl (C=O) groups is 1. The minimum atomic E-state index is -0.253. The minimum absolute atomic E-state index is 0.122. The van der Waals surface area contributed by atoms with Crippen LogP contribution in [-0.4, -0.2) is 19.6 Å². The van der Waals surface area contributed by atoms with Gasteiger partial charge in [-0.3, -0.25) is 4.79 Å². The molecule has 0 aliphatic heterocycles. The van der Waals surface area contributed by atoms with E-state index in [0.717, 1.165) is 16.9 Å². The van der Waals surface area contributed by atoms with Crippen molar-refractivity contribution in [3.05, 3.63) is 65.0 Å². The van der Waals surface area contributed by atoms with Gasteiger partial charge >= 0.3 is 0 Å². The Morgan fingerprint density at radius 3 is 2.52 bits per heavy atom. The summed E-state index contributed by atoms with van der Waals surface area (Å²) in [6.07, 6.45) is 0.668. The molecule has 0 aromatic heterocycles. The number of halogens is 1. The third kappa shape index (κ3) is 4.05. The lowest BCUT2D eigenvalue weighted by atomic mass is 10.1. The molecular weight excluding hydrogens is 269 g/mol. The molecule has 2 aromatic carbocycles. The fraction of sp³-hybridized carbons (Fsp3) is 0.235. The number of amides is 1. The Hall–Kier alpha value is -2.36. The van der Waals surface area contributed by atoms with Crippen molar-refractivity contribution in [2.75, 3.05) is 13.7 Å². The van der Waals surface area contributed by atoms with E-state index in [2.05, 4.69) is 5.32 Å². The molecule has 0 spiro atoms. The first kappa shape index (κ1) is 15.0. The summed E-state index contributed by atoms with van der Waals surface area (Å²) in [7, 11) is 1.60. The highest BCUT2D eigenvalue weighted by Crippen LogP contribution is 2.18. The second-order valence-electron chi connectivity index (χ2n) is 4.82. The third-order valence-electron chi connectivity index (χ3n) is 3.27. The molecule has 0 atom stereocenters. The second kappa shape index (κ2) is 6.88. The van der Waals surface area contributed by atoms with Crippen molar-refractivity contribution in [3.8, 4) is 5.75 Å². The van der Waals surface area contributed by atoms with Crippen molar-refractivity contribution in [2.45, 2.75) is 13.3 Å². The normalized spacial score (nSPS) is 10.2. The second-order valence-corrected chi connectivity index (χ2v) is 4.82. The van der Waals surface area contributed by atoms with E-state index in [-0.39, 0.29) is 11.7 Å². The predicted octanol–water partition coefficient (Wildman–Crippen LogP) is 3.12. The summed E-state index contributed by atoms with van der Waals surface area (Å²) in [5, 5.41) is 2.85. The first-order valence-corrected chi connectivity index (χ1v) is 6.77. The van der Waals surface area contributed by atoms with Gasteiger partial charge in [-0.2, -0.15) is 0 Å². The van der Waals surface area contributed by atoms with Crippen LogP contribution in [0.5, 0.6) is 5.75 Å². The van der Waals surface area contributed by atoms with E-state index in [1.807, 2.05) is 6.92 Å². The topological polar surface area (TPSA) is 38.3 Å². The van der Waals surface area contributed by atoms with E-state index in [1.54, 1.807) is 37.4 Å². The lowest BCUT2D eigenvalue weighted by Crippen LogP contribution is -2.25. The standard InChI is InChI=1S/C17H18FNO2/c1-12-11-14(5-8-16(12)21-2)17(20)19-10-9-13-3-6-15(18)7-4-13/h3-8,11H,9-10H2,1-2H3,(H,19,20). The monoisotopic (exact) mass is 287 g/mol. The quantitative estimate of drug-likeness (QED) is 0.917. The summed E-state index contributed by atoms with van der Waals surface area (Å²) in [4.78, 5) is 12.0. The van der Waals surface area contributed by atoms with Crippen LogP contribution in [0.4, 0.5) is 4.39 Å². The summed E-state index contributed by atoms with van der Waals surface area (Å²) in [6.45, 7) is 2.41. The molecule has 0 aliphatic rings. The molecule has 21 heavy (non-hydrogen) atoms. The van der Waals surface area contributed by atoms with E-state index in [0.29, 0.717) is 18.5 Å². The van der Waals surface area contributed by atoms with Crippen molar-refractivity contribution in [2.24, 2.45) is 0 Å². The zero-order valence-electron chi connectivity index (χ0n) is 12.2. The van der Waals surface area contributed by atoms with Crippen LogP contribution in [0.15, 0.2) is 42.5 Å². The number of rotatable bonds is 5. The van der Waals surface area contributed by atoms with E-state index in [4.69, 9.17) is 4.74 Å². The highest BCUT2D eigenvalue weighted by atomic mass is 19.1. The molecule has 0 bridgehead atoms. The number of hydrogen-bond acceptors (Lipinski definition) is 2. The summed E-state index contributed by atoms with van der Waals surface area (Å²) >= 11 is 0. The van der Waals surface area contributed by atoms with E-state index >= 15 is 0 Å². The summed E-state index contributed by atoms with van der Waals surface area (Å²) in [5.41, 5.74) is 2.51. The SMILES string of the molecule is COc1ccc(C(=O)NCCc2ccc(F)cc2)cc1C. The third-order valence-corrected chi connectivity index (χ3v) is 3.27. The molecule has 0 unspecified atom stereocenters. The number of aryl methyl sites for hydroxylation is 1. The average molecular weight is 287 g/mol. The van der Waals surface area contributed by atoms with Gasteiger partial charge in [0.1, 0.15) is 11.6 Å². The van der Waals surface area contributed by atoms with Gasteiger partial charge in [0.05, 0.1) is 7.11 Å². The smallest absolute Gasteiger partial charge is 0.251 e. The molecule has 0 heterocycles. The number of ether oxygens (including phenoxy) is 1. The first-order chi connectivity index (χ1) is 10.1. The van der Waals surface area contributed by atoms with Crippen LogP contribution in [0, 0.1) is 12.7 Å². The zero-order valence-corrected chi connectivity index (χ0v) is 12.2. The molecule has 2 aromatic rings. The summed E-state index contributed by atoms with van der Waals surface area (Å²) in [5.74, 6) is 0.386. The average Bonchev–Trinajstić information content (AvgIpc) is 2.49. The number of methoxy groups -OCH3 is 1. The maximum Gasteiger partial charge on any atom is 0.251 e. The van der Waals surface area contributed by atoms with Crippen LogP contribution in [-0.2, 0) is 6.42 Å². The molecule has 0 radical (unpaired) electrons. The fourth-order valence-electron chi connectivity index (χ4n) is 2.09. The molecule has 110 valence electrons. The van der Waals surface area contributed by atoms with Gasteiger partial charge in [0.25, 0.3) is 5.91 Å². The largest absolute Gasteiger partial charge is 0.496 e. The van der Waals surface area contributed by atoms with Crippen molar-refractivity contribution in [3.63, 3.8) is 0 Å². The van der Waals surface area contributed by atoms with Crippen LogP contribution in [0.25, 0.3) is 0 Å². The number of hydrogen-bond donors (Lipinski definition) is 1. The molecule has 3 nitrogen and oxygen atoms in total. The van der Waals surface area contributed by atoms with Gasteiger partial charge in [-0.05, 0) is 54.8 Å². The van der Waals surface area contributed by atoms with Crippen molar-refractivity contribution in [1.29, 1.82) is 0 Å². The van der Waals surface area contributed by atoms with Crippen molar-refractivity contribution >= 4 is 5.91 Å². The number of nitrogens with one attached hydrogen (secondary N) is 1. The van der Waals surface area contributed by atoms with Crippen molar-refractivity contribution in [1.82, 2.24) is 5.32 Å². The Morgan fingerprint density at radius 1 is 1.19 bits per heavy atom. The van der Waals surface area contributed by atoms with Crippen LogP contribution >= 0.6 is 0 Å². The fourth-order valence-corrected chi connectivity index (χ4v) is 2.09. The predicted molar refractivity (Wildman–Crippen MR) is 80.2 cm³/mol. The summed E-state index contributed by atoms with van der Waals surface area (Å²) in [6, 6.07) is 11.6. The van der Waals surface area contributed by atoms with Gasteiger partial charge in [0.15, 0.2) is 0 Å². The van der Waals surface area contributed by atoms with Gasteiger partial charge in [-0.25, -0.2) is 4.39 Å². The zero-order chi connectivity index (χ0) is 15.2. The van der Waals surface area contributed by atoms with Gasteiger partial charge in [0.2, 0.25) is 0 Å². The van der Waals surface area contributed by atoms with Crippen LogP contribution in [0.2, 0.25) is 0 Å². The Bertz CT molecular complexity index is 623. The maximum absolute atomic E-state index is 12.8. The van der Waals surface area contributed by atoms with E-state index in [9.17, 15) is 9.18 Å². The lowest BCUT2D eigenvalue weighted by Gasteiger charge is -2.08. The minimum Gasteiger partial charge on any atom is -0.496 e. The van der Waals surface area contributed by atoms with Gasteiger partial charge in [-0.15, -0.1) is 0 Å². The molecule has 4 heteroatoms. The molecule has 0 aliphatic carbocycles. The number of benzene rings is 2. The molecule has 1 N–H and O–H groups in total. The van der Waals surface area contributed by atoms with Gasteiger partial charge in [0, 0.05) is 12.1 Å². The van der Waals surface area contributed by atoms with E-state index < -0.39 is 0 Å². The van der Waals surface area contributed by atoms with Gasteiger partial charge in [-0.1, -0.05) is 12.1 Å². The van der Waals surface area contributed by atoms with E-state index in [1.165, 1.54) is 12.1 Å². The highest BCUT2D eigenvalue weighted by molar-refractivity contribution is 5.94. The lowest BCUT2D eigenvalue weighted by molar-refractivity contribution is 0.0954. The highest BCUT2D eigenvalue weighted by Gasteiger charge is 2.07. The molecular formula is C17H18FNO2. The number of carbonyl (C=O) groups excluding carboxylic acids is 1. The Labute approximate surface area is 123 Å². The molecule has 2 rings (SSSR count). The molecule has 0 fully saturated rings. The molecule has 0 saturated carbocycles. The van der Waals surface area contributed by atoms with Crippen LogP contribution in [0.3, 0.4) is 0 Å². The molecule has 0 saturated heterocycles. The van der Waals surface area contributed by atoms with Crippen molar-refractivity contribution < 1.29 is 13.9 Å². The maximum atomic E-state index is 12.8. The van der Waals surface area contributed by atoms with Crippen LogP contribution < -0.4 is 10.1 Å². The summed E-state index contributed by atoms with van der Waals surface area (Å²) < 4.78 is 17.9. The van der Waals surface area contributed by atoms with Crippen LogP contribution in [0.1, 0.15) is 21.5 Å². The van der Waals surface area contributed by atoms with Gasteiger partial charge < -0.3 is 10.1 Å². The Balaban J connectivity index is 1.89.